The summed E-state index contributed by atoms with van der Waals surface area (Å²) in [5, 5.41) is 9.81. The molecule has 2 aromatic carbocycles. The number of aromatic carboxylic acids is 1. The number of benzene rings is 2. The Kier molecular flexibility index (Phi) is 2.68. The van der Waals surface area contributed by atoms with Crippen molar-refractivity contribution in [3.8, 4) is 11.4 Å². The van der Waals surface area contributed by atoms with Crippen LogP contribution in [0.5, 0.6) is 0 Å². The molecule has 0 saturated heterocycles. The molecule has 92 valence electrons. The first-order valence-corrected chi connectivity index (χ1v) is 5.79. The molecular formula is C15H10N2O2. The van der Waals surface area contributed by atoms with E-state index in [0.29, 0.717) is 11.3 Å². The Balaban J connectivity index is 2.16. The van der Waals surface area contributed by atoms with Gasteiger partial charge in [-0.2, -0.15) is 0 Å². The summed E-state index contributed by atoms with van der Waals surface area (Å²) >= 11 is 0. The van der Waals surface area contributed by atoms with Crippen molar-refractivity contribution in [2.24, 2.45) is 0 Å². The van der Waals surface area contributed by atoms with Crippen molar-refractivity contribution >= 4 is 16.9 Å². The number of carbonyl (C=O) groups is 1. The molecule has 0 unspecified atom stereocenters. The van der Waals surface area contributed by atoms with E-state index in [4.69, 9.17) is 5.11 Å². The molecular weight excluding hydrogens is 240 g/mol. The quantitative estimate of drug-likeness (QED) is 0.759. The van der Waals surface area contributed by atoms with Gasteiger partial charge in [0.25, 0.3) is 0 Å². The van der Waals surface area contributed by atoms with Crippen molar-refractivity contribution < 1.29 is 9.90 Å². The molecule has 19 heavy (non-hydrogen) atoms. The zero-order valence-electron chi connectivity index (χ0n) is 9.95. The minimum absolute atomic E-state index is 0.227. The number of carboxylic acids is 1. The van der Waals surface area contributed by atoms with Crippen molar-refractivity contribution in [3.63, 3.8) is 0 Å². The smallest absolute Gasteiger partial charge is 0.335 e. The van der Waals surface area contributed by atoms with Gasteiger partial charge in [-0.1, -0.05) is 36.4 Å². The van der Waals surface area contributed by atoms with E-state index in [1.165, 1.54) is 0 Å². The van der Waals surface area contributed by atoms with Crippen LogP contribution >= 0.6 is 0 Å². The third-order valence-electron chi connectivity index (χ3n) is 2.86. The summed E-state index contributed by atoms with van der Waals surface area (Å²) in [4.78, 5) is 19.7. The summed E-state index contributed by atoms with van der Waals surface area (Å²) in [5.41, 5.74) is 1.77. The van der Waals surface area contributed by atoms with E-state index in [1.54, 1.807) is 24.4 Å². The normalized spacial score (nSPS) is 10.5. The van der Waals surface area contributed by atoms with Crippen LogP contribution in [-0.4, -0.2) is 21.0 Å². The summed E-state index contributed by atoms with van der Waals surface area (Å²) < 4.78 is 0. The molecule has 0 saturated carbocycles. The summed E-state index contributed by atoms with van der Waals surface area (Å²) in [6.07, 6.45) is 1.70. The third-order valence-corrected chi connectivity index (χ3v) is 2.86. The van der Waals surface area contributed by atoms with Gasteiger partial charge in [0, 0.05) is 17.1 Å². The highest BCUT2D eigenvalue weighted by molar-refractivity contribution is 5.93. The van der Waals surface area contributed by atoms with Crippen molar-refractivity contribution in [1.82, 2.24) is 9.97 Å². The molecule has 3 aromatic rings. The largest absolute Gasteiger partial charge is 0.478 e. The molecule has 1 heterocycles. The van der Waals surface area contributed by atoms with Crippen molar-refractivity contribution in [2.45, 2.75) is 0 Å². The molecule has 0 atom stereocenters. The maximum Gasteiger partial charge on any atom is 0.335 e. The van der Waals surface area contributed by atoms with Crippen LogP contribution in [0.2, 0.25) is 0 Å². The highest BCUT2D eigenvalue weighted by atomic mass is 16.4. The van der Waals surface area contributed by atoms with E-state index in [-0.39, 0.29) is 5.56 Å². The van der Waals surface area contributed by atoms with E-state index < -0.39 is 5.97 Å². The Hall–Kier alpha value is -2.75. The van der Waals surface area contributed by atoms with Crippen molar-refractivity contribution in [3.05, 3.63) is 60.3 Å². The first-order chi connectivity index (χ1) is 9.24. The van der Waals surface area contributed by atoms with Gasteiger partial charge in [0.2, 0.25) is 0 Å². The number of aromatic nitrogens is 2. The third kappa shape index (κ3) is 2.15. The maximum absolute atomic E-state index is 11.0. The highest BCUT2D eigenvalue weighted by Crippen LogP contribution is 2.19. The Morgan fingerprint density at radius 2 is 1.84 bits per heavy atom. The fourth-order valence-corrected chi connectivity index (χ4v) is 1.88. The topological polar surface area (TPSA) is 63.1 Å². The van der Waals surface area contributed by atoms with E-state index in [0.717, 1.165) is 10.9 Å². The Bertz CT molecular complexity index is 754. The predicted octanol–water partition coefficient (Wildman–Crippen LogP) is 3.00. The molecule has 3 rings (SSSR count). The van der Waals surface area contributed by atoms with Gasteiger partial charge >= 0.3 is 5.97 Å². The number of hydrogen-bond acceptors (Lipinski definition) is 3. The molecule has 0 aliphatic rings. The number of fused-ring (bicyclic) bond motifs is 1. The average Bonchev–Trinajstić information content (AvgIpc) is 2.47. The monoisotopic (exact) mass is 250 g/mol. The SMILES string of the molecule is O=C(O)c1ccc2cnc(-c3ccccc3)nc2c1. The number of carboxylic acid groups (broad SMARTS) is 1. The van der Waals surface area contributed by atoms with Crippen LogP contribution in [0.15, 0.2) is 54.7 Å². The van der Waals surface area contributed by atoms with Gasteiger partial charge in [-0.25, -0.2) is 14.8 Å². The molecule has 0 radical (unpaired) electrons. The molecule has 0 amide bonds. The zero-order valence-corrected chi connectivity index (χ0v) is 9.95. The standard InChI is InChI=1S/C15H10N2O2/c18-15(19)11-6-7-12-9-16-14(17-13(12)8-11)10-4-2-1-3-5-10/h1-9H,(H,18,19). The molecule has 0 aliphatic carbocycles. The first kappa shape index (κ1) is 11.3. The van der Waals surface area contributed by atoms with Gasteiger partial charge in [0.05, 0.1) is 11.1 Å². The van der Waals surface area contributed by atoms with E-state index in [2.05, 4.69) is 9.97 Å². The number of hydrogen-bond donors (Lipinski definition) is 1. The zero-order chi connectivity index (χ0) is 13.2. The molecule has 0 spiro atoms. The van der Waals surface area contributed by atoms with Crippen LogP contribution in [0.4, 0.5) is 0 Å². The van der Waals surface area contributed by atoms with Gasteiger partial charge in [-0.15, -0.1) is 0 Å². The predicted molar refractivity (Wildman–Crippen MR) is 71.9 cm³/mol. The van der Waals surface area contributed by atoms with Crippen LogP contribution in [0.25, 0.3) is 22.3 Å². The summed E-state index contributed by atoms with van der Waals surface area (Å²) in [6.45, 7) is 0. The maximum atomic E-state index is 11.0. The summed E-state index contributed by atoms with van der Waals surface area (Å²) in [6, 6.07) is 14.4. The van der Waals surface area contributed by atoms with Crippen LogP contribution in [0.3, 0.4) is 0 Å². The van der Waals surface area contributed by atoms with E-state index >= 15 is 0 Å². The Labute approximate surface area is 109 Å². The summed E-state index contributed by atoms with van der Waals surface area (Å²) in [7, 11) is 0. The molecule has 0 bridgehead atoms. The van der Waals surface area contributed by atoms with E-state index in [1.807, 2.05) is 30.3 Å². The second kappa shape index (κ2) is 4.49. The molecule has 0 fully saturated rings. The van der Waals surface area contributed by atoms with Gasteiger partial charge in [0.15, 0.2) is 5.82 Å². The van der Waals surface area contributed by atoms with Gasteiger partial charge in [-0.05, 0) is 12.1 Å². The highest BCUT2D eigenvalue weighted by Gasteiger charge is 2.06. The molecule has 1 N–H and O–H groups in total. The fraction of sp³-hybridized carbons (Fsp3) is 0. The second-order valence-corrected chi connectivity index (χ2v) is 4.14. The van der Waals surface area contributed by atoms with Gasteiger partial charge in [-0.3, -0.25) is 0 Å². The lowest BCUT2D eigenvalue weighted by atomic mass is 10.1. The Morgan fingerprint density at radius 3 is 2.58 bits per heavy atom. The second-order valence-electron chi connectivity index (χ2n) is 4.14. The molecule has 0 aliphatic heterocycles. The van der Waals surface area contributed by atoms with Crippen molar-refractivity contribution in [2.75, 3.05) is 0 Å². The minimum atomic E-state index is -0.957. The minimum Gasteiger partial charge on any atom is -0.478 e. The number of rotatable bonds is 2. The first-order valence-electron chi connectivity index (χ1n) is 5.79. The average molecular weight is 250 g/mol. The van der Waals surface area contributed by atoms with Crippen LogP contribution < -0.4 is 0 Å². The van der Waals surface area contributed by atoms with Crippen LogP contribution in [0, 0.1) is 0 Å². The lowest BCUT2D eigenvalue weighted by Gasteiger charge is -2.03. The molecule has 4 nitrogen and oxygen atoms in total. The lowest BCUT2D eigenvalue weighted by molar-refractivity contribution is 0.0697. The van der Waals surface area contributed by atoms with Crippen LogP contribution in [-0.2, 0) is 0 Å². The van der Waals surface area contributed by atoms with Gasteiger partial charge < -0.3 is 5.11 Å². The van der Waals surface area contributed by atoms with Gasteiger partial charge in [0.1, 0.15) is 0 Å². The van der Waals surface area contributed by atoms with Crippen LogP contribution in [0.1, 0.15) is 10.4 Å². The number of nitrogens with zero attached hydrogens (tertiary/aromatic N) is 2. The van der Waals surface area contributed by atoms with Crippen molar-refractivity contribution in [1.29, 1.82) is 0 Å². The lowest BCUT2D eigenvalue weighted by Crippen LogP contribution is -1.97. The molecule has 4 heteroatoms. The Morgan fingerprint density at radius 1 is 1.05 bits per heavy atom. The molecule has 1 aromatic heterocycles. The summed E-state index contributed by atoms with van der Waals surface area (Å²) in [5.74, 6) is -0.364. The fourth-order valence-electron chi connectivity index (χ4n) is 1.88. The van der Waals surface area contributed by atoms with E-state index in [9.17, 15) is 4.79 Å².